The van der Waals surface area contributed by atoms with Crippen LogP contribution in [0, 0.1) is 0 Å². The fourth-order valence-electron chi connectivity index (χ4n) is 5.43. The molecular formula is C30H27N3O5. The Kier molecular flexibility index (Phi) is 5.87. The second-order valence-corrected chi connectivity index (χ2v) is 9.58. The number of hydrogen-bond donors (Lipinski definition) is 2. The van der Waals surface area contributed by atoms with E-state index in [2.05, 4.69) is 9.97 Å². The van der Waals surface area contributed by atoms with Crippen LogP contribution in [-0.4, -0.2) is 41.0 Å². The van der Waals surface area contributed by atoms with Crippen molar-refractivity contribution >= 4 is 34.4 Å². The number of Topliss-reactive ketones (excluding diaryl/α,β-unsaturated/α-hetero) is 1. The first-order valence-corrected chi connectivity index (χ1v) is 12.6. The number of imidazole rings is 1. The molecule has 38 heavy (non-hydrogen) atoms. The highest BCUT2D eigenvalue weighted by atomic mass is 16.5. The molecule has 6 rings (SSSR count). The Morgan fingerprint density at radius 1 is 0.947 bits per heavy atom. The molecule has 1 aromatic heterocycles. The van der Waals surface area contributed by atoms with Crippen LogP contribution < -0.4 is 14.4 Å². The SMILES string of the molecule is COc1cccc(C2/C(=C(\O)c3ccc4c(c3)CCCC4)C(=O)C(=O)N2c2nc3ccc(OC)cc3[nH]2)c1. The first-order valence-electron chi connectivity index (χ1n) is 12.6. The Bertz CT molecular complexity index is 1620. The van der Waals surface area contributed by atoms with Gasteiger partial charge in [-0.05, 0) is 72.7 Å². The van der Waals surface area contributed by atoms with Crippen molar-refractivity contribution in [2.75, 3.05) is 19.1 Å². The molecule has 2 heterocycles. The van der Waals surface area contributed by atoms with Crippen molar-refractivity contribution < 1.29 is 24.2 Å². The molecule has 1 unspecified atom stereocenters. The van der Waals surface area contributed by atoms with E-state index in [9.17, 15) is 14.7 Å². The van der Waals surface area contributed by atoms with Crippen molar-refractivity contribution in [3.8, 4) is 11.5 Å². The molecular weight excluding hydrogens is 482 g/mol. The summed E-state index contributed by atoms with van der Waals surface area (Å²) in [5, 5.41) is 11.5. The number of H-pyrrole nitrogens is 1. The largest absolute Gasteiger partial charge is 0.507 e. The Balaban J connectivity index is 1.54. The van der Waals surface area contributed by atoms with E-state index in [1.165, 1.54) is 16.0 Å². The Labute approximate surface area is 219 Å². The third-order valence-electron chi connectivity index (χ3n) is 7.38. The summed E-state index contributed by atoms with van der Waals surface area (Å²) in [6, 6.07) is 17.3. The van der Waals surface area contributed by atoms with Crippen LogP contribution >= 0.6 is 0 Å². The number of hydrogen-bond acceptors (Lipinski definition) is 6. The fraction of sp³-hybridized carbons (Fsp3) is 0.233. The molecule has 1 aliphatic carbocycles. The number of carbonyl (C=O) groups is 2. The monoisotopic (exact) mass is 509 g/mol. The number of aliphatic hydroxyl groups excluding tert-OH is 1. The van der Waals surface area contributed by atoms with Crippen molar-refractivity contribution in [1.82, 2.24) is 9.97 Å². The smallest absolute Gasteiger partial charge is 0.302 e. The quantitative estimate of drug-likeness (QED) is 0.221. The lowest BCUT2D eigenvalue weighted by atomic mass is 9.88. The average molecular weight is 510 g/mol. The first kappa shape index (κ1) is 23.8. The molecule has 0 radical (unpaired) electrons. The average Bonchev–Trinajstić information content (AvgIpc) is 3.49. The van der Waals surface area contributed by atoms with Gasteiger partial charge in [0.15, 0.2) is 0 Å². The van der Waals surface area contributed by atoms with Crippen molar-refractivity contribution in [2.45, 2.75) is 31.7 Å². The normalized spacial score (nSPS) is 18.6. The van der Waals surface area contributed by atoms with Gasteiger partial charge in [-0.15, -0.1) is 0 Å². The lowest BCUT2D eigenvalue weighted by Crippen LogP contribution is -2.30. The number of ketones is 1. The van der Waals surface area contributed by atoms with E-state index >= 15 is 0 Å². The molecule has 1 amide bonds. The number of methoxy groups -OCH3 is 2. The third-order valence-corrected chi connectivity index (χ3v) is 7.38. The van der Waals surface area contributed by atoms with E-state index in [1.54, 1.807) is 56.7 Å². The van der Waals surface area contributed by atoms with Gasteiger partial charge in [-0.1, -0.05) is 24.3 Å². The van der Waals surface area contributed by atoms with Gasteiger partial charge < -0.3 is 19.6 Å². The second-order valence-electron chi connectivity index (χ2n) is 9.58. The molecule has 8 nitrogen and oxygen atoms in total. The maximum absolute atomic E-state index is 13.5. The van der Waals surface area contributed by atoms with Crippen LogP contribution in [-0.2, 0) is 22.4 Å². The molecule has 0 saturated carbocycles. The van der Waals surface area contributed by atoms with Crippen LogP contribution in [0.2, 0.25) is 0 Å². The first-order chi connectivity index (χ1) is 18.5. The number of aromatic nitrogens is 2. The summed E-state index contributed by atoms with van der Waals surface area (Å²) in [7, 11) is 3.12. The summed E-state index contributed by atoms with van der Waals surface area (Å²) in [6.07, 6.45) is 4.15. The van der Waals surface area contributed by atoms with Crippen LogP contribution in [0.25, 0.3) is 16.8 Å². The molecule has 3 aromatic carbocycles. The number of amides is 1. The minimum Gasteiger partial charge on any atom is -0.507 e. The van der Waals surface area contributed by atoms with Crippen LogP contribution in [0.3, 0.4) is 0 Å². The van der Waals surface area contributed by atoms with Gasteiger partial charge in [-0.25, -0.2) is 4.98 Å². The van der Waals surface area contributed by atoms with Gasteiger partial charge in [0.1, 0.15) is 17.3 Å². The van der Waals surface area contributed by atoms with Crippen LogP contribution in [0.15, 0.2) is 66.2 Å². The summed E-state index contributed by atoms with van der Waals surface area (Å²) in [5.41, 5.74) is 4.83. The van der Waals surface area contributed by atoms with E-state index in [-0.39, 0.29) is 17.3 Å². The van der Waals surface area contributed by atoms with E-state index in [0.717, 1.165) is 25.7 Å². The highest BCUT2D eigenvalue weighted by molar-refractivity contribution is 6.51. The summed E-state index contributed by atoms with van der Waals surface area (Å²) in [4.78, 5) is 36.2. The predicted molar refractivity (Wildman–Crippen MR) is 144 cm³/mol. The van der Waals surface area contributed by atoms with E-state index in [0.29, 0.717) is 33.7 Å². The van der Waals surface area contributed by atoms with Gasteiger partial charge in [0.05, 0.1) is 36.9 Å². The van der Waals surface area contributed by atoms with Gasteiger partial charge in [-0.2, -0.15) is 0 Å². The molecule has 0 bridgehead atoms. The molecule has 0 spiro atoms. The number of ether oxygens (including phenoxy) is 2. The van der Waals surface area contributed by atoms with Crippen LogP contribution in [0.5, 0.6) is 11.5 Å². The zero-order valence-electron chi connectivity index (χ0n) is 21.2. The fourth-order valence-corrected chi connectivity index (χ4v) is 5.43. The second kappa shape index (κ2) is 9.37. The lowest BCUT2D eigenvalue weighted by Gasteiger charge is -2.23. The number of nitrogens with zero attached hydrogens (tertiary/aromatic N) is 2. The zero-order chi connectivity index (χ0) is 26.4. The Morgan fingerprint density at radius 2 is 1.71 bits per heavy atom. The van der Waals surface area contributed by atoms with Crippen LogP contribution in [0.4, 0.5) is 5.95 Å². The Morgan fingerprint density at radius 3 is 2.50 bits per heavy atom. The number of aliphatic hydroxyl groups is 1. The molecule has 8 heteroatoms. The molecule has 2 aliphatic rings. The van der Waals surface area contributed by atoms with Gasteiger partial charge in [0, 0.05) is 11.6 Å². The highest BCUT2D eigenvalue weighted by Gasteiger charge is 2.48. The minimum absolute atomic E-state index is 0.0112. The van der Waals surface area contributed by atoms with E-state index in [1.807, 2.05) is 18.2 Å². The maximum atomic E-state index is 13.5. The number of fused-ring (bicyclic) bond motifs is 2. The molecule has 4 aromatic rings. The summed E-state index contributed by atoms with van der Waals surface area (Å²) >= 11 is 0. The van der Waals surface area contributed by atoms with Gasteiger partial charge in [0.25, 0.3) is 5.78 Å². The van der Waals surface area contributed by atoms with E-state index in [4.69, 9.17) is 9.47 Å². The molecule has 1 atom stereocenters. The topological polar surface area (TPSA) is 105 Å². The maximum Gasteiger partial charge on any atom is 0.302 e. The number of aromatic amines is 1. The number of aryl methyl sites for hydroxylation is 2. The third kappa shape index (κ3) is 3.89. The number of carbonyl (C=O) groups excluding carboxylic acids is 2. The van der Waals surface area contributed by atoms with Gasteiger partial charge in [-0.3, -0.25) is 14.5 Å². The van der Waals surface area contributed by atoms with Gasteiger partial charge >= 0.3 is 5.91 Å². The summed E-state index contributed by atoms with van der Waals surface area (Å²) in [5.74, 6) is -0.352. The minimum atomic E-state index is -0.913. The summed E-state index contributed by atoms with van der Waals surface area (Å²) in [6.45, 7) is 0. The highest BCUT2D eigenvalue weighted by Crippen LogP contribution is 2.43. The van der Waals surface area contributed by atoms with Crippen LogP contribution in [0.1, 0.15) is 41.1 Å². The zero-order valence-corrected chi connectivity index (χ0v) is 21.2. The number of benzene rings is 3. The number of anilines is 1. The standard InChI is InChI=1S/C30H27N3O5/c1-37-21-9-5-8-19(15-21)26-25(27(34)20-11-10-17-6-3-4-7-18(17)14-20)28(35)29(36)33(26)30-31-23-13-12-22(38-2)16-24(23)32-30/h5,8-16,26,34H,3-4,6-7H2,1-2H3,(H,31,32)/b27-25+. The van der Waals surface area contributed by atoms with Crippen molar-refractivity contribution in [1.29, 1.82) is 0 Å². The molecule has 192 valence electrons. The van der Waals surface area contributed by atoms with E-state index < -0.39 is 17.7 Å². The molecule has 2 N–H and O–H groups in total. The van der Waals surface area contributed by atoms with Gasteiger partial charge in [0.2, 0.25) is 5.95 Å². The molecule has 1 saturated heterocycles. The number of rotatable bonds is 5. The summed E-state index contributed by atoms with van der Waals surface area (Å²) < 4.78 is 10.7. The number of nitrogens with one attached hydrogen (secondary N) is 1. The lowest BCUT2D eigenvalue weighted by molar-refractivity contribution is -0.132. The predicted octanol–water partition coefficient (Wildman–Crippen LogP) is 5.09. The Hall–Kier alpha value is -4.59. The van der Waals surface area contributed by atoms with Crippen molar-refractivity contribution in [3.63, 3.8) is 0 Å². The molecule has 1 aliphatic heterocycles. The van der Waals surface area contributed by atoms with Crippen molar-refractivity contribution in [3.05, 3.63) is 88.5 Å². The molecule has 1 fully saturated rings. The van der Waals surface area contributed by atoms with Crippen molar-refractivity contribution in [2.24, 2.45) is 0 Å².